The van der Waals surface area contributed by atoms with Crippen LogP contribution in [-0.4, -0.2) is 13.3 Å². The number of rotatable bonds is 0. The number of hydrogen-bond acceptors (Lipinski definition) is 3. The van der Waals surface area contributed by atoms with Gasteiger partial charge in [-0.25, -0.2) is 0 Å². The second-order valence-corrected chi connectivity index (χ2v) is 1.04. The molecular formula is H2O5STi. The molecule has 0 aliphatic carbocycles. The quantitative estimate of drug-likeness (QED) is 0.368. The van der Waals surface area contributed by atoms with Gasteiger partial charge < -0.3 is 0 Å². The van der Waals surface area contributed by atoms with Crippen LogP contribution in [0.4, 0.5) is 0 Å². The Bertz CT molecular complexity index is 76.1. The summed E-state index contributed by atoms with van der Waals surface area (Å²) < 4.78 is 39.8. The first-order valence-electron chi connectivity index (χ1n) is 0.940. The molecule has 0 radical (unpaired) electrons. The molecule has 7 heavy (non-hydrogen) atoms. The predicted octanol–water partition coefficient (Wildman–Crippen LogP) is -0.559. The van der Waals surface area contributed by atoms with Gasteiger partial charge in [0.1, 0.15) is 0 Å². The summed E-state index contributed by atoms with van der Waals surface area (Å²) in [6.45, 7) is 0. The molecule has 0 saturated carbocycles. The van der Waals surface area contributed by atoms with E-state index in [9.17, 15) is 0 Å². The monoisotopic (exact) mass is 162 g/mol. The molecule has 0 bridgehead atoms. The molecule has 0 spiro atoms. The summed E-state index contributed by atoms with van der Waals surface area (Å²) in [6.07, 6.45) is 0. The Kier molecular flexibility index (Phi) is 14.3. The molecule has 0 rings (SSSR count). The third-order valence-electron chi connectivity index (χ3n) is 0. The van der Waals surface area contributed by atoms with E-state index < -0.39 is 30.5 Å². The van der Waals surface area contributed by atoms with Crippen LogP contribution in [0.25, 0.3) is 0 Å². The van der Waals surface area contributed by atoms with Crippen LogP contribution in [0.3, 0.4) is 0 Å². The van der Waals surface area contributed by atoms with Crippen LogP contribution < -0.4 is 0 Å². The Balaban J connectivity index is 0. The van der Waals surface area contributed by atoms with E-state index in [2.05, 4.69) is 0 Å². The first kappa shape index (κ1) is 10.4. The van der Waals surface area contributed by atoms with Crippen molar-refractivity contribution in [2.45, 2.75) is 0 Å². The molecule has 0 heterocycles. The van der Waals surface area contributed by atoms with Crippen molar-refractivity contribution in [3.05, 3.63) is 0 Å². The van der Waals surface area contributed by atoms with Crippen LogP contribution >= 0.6 is 0 Å². The van der Waals surface area contributed by atoms with Gasteiger partial charge in [0.25, 0.3) is 11.4 Å². The van der Waals surface area contributed by atoms with Gasteiger partial charge in [0.05, 0.1) is 0 Å². The van der Waals surface area contributed by atoms with E-state index in [-0.39, 0.29) is 0 Å². The van der Waals surface area contributed by atoms with E-state index in [4.69, 9.17) is 20.0 Å². The molecule has 7 heteroatoms. The van der Waals surface area contributed by atoms with Crippen molar-refractivity contribution in [1.29, 1.82) is 0 Å². The first-order chi connectivity index (χ1) is 3.15. The maximum absolute atomic E-state index is 8.67. The number of hydrogen-bond donors (Lipinski definition) is 2. The molecule has 0 atom stereocenters. The van der Waals surface area contributed by atoms with Crippen molar-refractivity contribution in [2.24, 2.45) is 0 Å². The Morgan fingerprint density at radius 2 is 1.29 bits per heavy atom. The summed E-state index contributed by atoms with van der Waals surface area (Å²) in [6, 6.07) is 0. The van der Waals surface area contributed by atoms with E-state index in [0.717, 1.165) is 0 Å². The standard InChI is InChI=1S/H2O3S.2O.Ti/c1-4(2)3;;;/h(H2,1,2,3);;;. The van der Waals surface area contributed by atoms with Crippen LogP contribution in [0.5, 0.6) is 0 Å². The zero-order chi connectivity index (χ0) is 6.28. The van der Waals surface area contributed by atoms with Gasteiger partial charge in [0, 0.05) is 0 Å². The molecule has 0 amide bonds. The Morgan fingerprint density at radius 3 is 1.29 bits per heavy atom. The molecule has 0 aromatic heterocycles. The summed E-state index contributed by atoms with van der Waals surface area (Å²) in [5.74, 6) is 0. The second kappa shape index (κ2) is 9.63. The van der Waals surface area contributed by atoms with Gasteiger partial charge in [-0.05, 0) is 0 Å². The molecule has 0 aliphatic rings. The van der Waals surface area contributed by atoms with Gasteiger partial charge >= 0.3 is 25.7 Å². The van der Waals surface area contributed by atoms with Gasteiger partial charge in [-0.2, -0.15) is 4.21 Å². The predicted molar refractivity (Wildman–Crippen MR) is 14.8 cm³/mol. The average molecular weight is 162 g/mol. The fourth-order valence-corrected chi connectivity index (χ4v) is 0. The summed E-state index contributed by atoms with van der Waals surface area (Å²) >= 11 is -4.61. The topological polar surface area (TPSA) is 91.7 Å². The van der Waals surface area contributed by atoms with E-state index in [1.165, 1.54) is 0 Å². The molecule has 0 aliphatic heterocycles. The van der Waals surface area contributed by atoms with Gasteiger partial charge in [-0.3, -0.25) is 9.11 Å². The first-order valence-corrected chi connectivity index (χ1v) is 3.28. The van der Waals surface area contributed by atoms with E-state index in [1.807, 2.05) is 0 Å². The molecular weight excluding hydrogens is 160 g/mol. The van der Waals surface area contributed by atoms with Crippen molar-refractivity contribution < 1.29 is 39.1 Å². The van der Waals surface area contributed by atoms with Crippen molar-refractivity contribution in [1.82, 2.24) is 0 Å². The SMILES string of the molecule is O=S(O)O.[O]=[Ti]=[O]. The van der Waals surface area contributed by atoms with Gasteiger partial charge in [0.2, 0.25) is 0 Å². The fourth-order valence-electron chi connectivity index (χ4n) is 0. The zero-order valence-corrected chi connectivity index (χ0v) is 5.41. The summed E-state index contributed by atoms with van der Waals surface area (Å²) in [5.41, 5.74) is 0. The van der Waals surface area contributed by atoms with Crippen molar-refractivity contribution in [3.8, 4) is 0 Å². The third kappa shape index (κ3) is 831. The molecule has 0 fully saturated rings. The van der Waals surface area contributed by atoms with Gasteiger partial charge in [-0.15, -0.1) is 0 Å². The molecule has 0 saturated heterocycles. The normalized spacial score (nSPS) is 6.14. The molecule has 5 nitrogen and oxygen atoms in total. The molecule has 42 valence electrons. The Labute approximate surface area is 50.8 Å². The van der Waals surface area contributed by atoms with Crippen LogP contribution in [-0.2, 0) is 37.1 Å². The average Bonchev–Trinajstić information content (AvgIpc) is 1.33. The van der Waals surface area contributed by atoms with Crippen molar-refractivity contribution >= 4 is 11.4 Å². The minimum absolute atomic E-state index is 2.00. The third-order valence-corrected chi connectivity index (χ3v) is 0. The van der Waals surface area contributed by atoms with Crippen LogP contribution in [0.1, 0.15) is 0 Å². The summed E-state index contributed by atoms with van der Waals surface area (Å²) in [7, 11) is 0. The molecule has 0 aromatic rings. The molecule has 0 unspecified atom stereocenters. The van der Waals surface area contributed by atoms with Crippen molar-refractivity contribution in [3.63, 3.8) is 0 Å². The Morgan fingerprint density at radius 1 is 1.29 bits per heavy atom. The van der Waals surface area contributed by atoms with Gasteiger partial charge in [-0.1, -0.05) is 0 Å². The van der Waals surface area contributed by atoms with Crippen LogP contribution in [0.2, 0.25) is 0 Å². The Hall–Kier alpha value is 0.384. The zero-order valence-electron chi connectivity index (χ0n) is 3.03. The van der Waals surface area contributed by atoms with Gasteiger partial charge in [0.15, 0.2) is 0 Å². The van der Waals surface area contributed by atoms with E-state index in [1.54, 1.807) is 0 Å². The minimum atomic E-state index is -2.61. The van der Waals surface area contributed by atoms with Crippen molar-refractivity contribution in [2.75, 3.05) is 0 Å². The van der Waals surface area contributed by atoms with E-state index in [0.29, 0.717) is 0 Å². The molecule has 0 aromatic carbocycles. The second-order valence-electron chi connectivity index (χ2n) is 0.314. The summed E-state index contributed by atoms with van der Waals surface area (Å²) in [5, 5.41) is 0. The molecule has 2 N–H and O–H groups in total. The maximum atomic E-state index is 8.67. The fraction of sp³-hybridized carbons (Fsp3) is 0. The van der Waals surface area contributed by atoms with E-state index >= 15 is 0 Å². The van der Waals surface area contributed by atoms with Crippen LogP contribution in [0, 0.1) is 0 Å². The van der Waals surface area contributed by atoms with Crippen LogP contribution in [0.15, 0.2) is 0 Å². The summed E-state index contributed by atoms with van der Waals surface area (Å²) in [4.78, 5) is 0.